The molecule has 11 aromatic rings. The number of rotatable bonds is 9. The molecule has 0 aliphatic heterocycles. The van der Waals surface area contributed by atoms with E-state index < -0.39 is 0 Å². The lowest BCUT2D eigenvalue weighted by atomic mass is 9.82. The SMILES string of the molecule is CC(C)(C)c1cc(Nc2ccccc2Nc2c(-c3ccccc3)cc(C(C)(C)C)cc2-c2ccccc2)cc(Oc2ccc3c4c5oc6ccccc6c5ccc4n(-c4cc(C(C)(C)C)ccn4)c3c2)c1. The average Bonchev–Trinajstić information content (AvgIpc) is 3.90. The third-order valence-corrected chi connectivity index (χ3v) is 13.7. The van der Waals surface area contributed by atoms with Gasteiger partial charge in [-0.2, -0.15) is 0 Å². The second kappa shape index (κ2) is 17.4. The number of hydrogen-bond donors (Lipinski definition) is 2. The van der Waals surface area contributed by atoms with E-state index >= 15 is 0 Å². The molecule has 8 aromatic carbocycles. The van der Waals surface area contributed by atoms with Gasteiger partial charge >= 0.3 is 0 Å². The van der Waals surface area contributed by atoms with Gasteiger partial charge in [-0.25, -0.2) is 4.98 Å². The van der Waals surface area contributed by atoms with Crippen molar-refractivity contribution >= 4 is 66.5 Å². The number of benzene rings is 8. The molecule has 0 radical (unpaired) electrons. The number of aromatic nitrogens is 2. The third-order valence-electron chi connectivity index (χ3n) is 13.7. The third kappa shape index (κ3) is 8.69. The summed E-state index contributed by atoms with van der Waals surface area (Å²) in [6.07, 6.45) is 1.92. The Labute approximate surface area is 417 Å². The fourth-order valence-corrected chi connectivity index (χ4v) is 9.77. The molecular weight excluding hydrogens is 869 g/mol. The lowest BCUT2D eigenvalue weighted by Crippen LogP contribution is -2.12. The van der Waals surface area contributed by atoms with Crippen LogP contribution in [-0.4, -0.2) is 9.55 Å². The van der Waals surface area contributed by atoms with Crippen LogP contribution >= 0.6 is 0 Å². The van der Waals surface area contributed by atoms with Gasteiger partial charge in [0, 0.05) is 51.3 Å². The van der Waals surface area contributed by atoms with Crippen LogP contribution in [0.25, 0.3) is 71.8 Å². The predicted molar refractivity (Wildman–Crippen MR) is 299 cm³/mol. The summed E-state index contributed by atoms with van der Waals surface area (Å²) in [7, 11) is 0. The Morgan fingerprint density at radius 2 is 1.06 bits per heavy atom. The molecule has 0 aliphatic carbocycles. The molecule has 352 valence electrons. The van der Waals surface area contributed by atoms with Crippen molar-refractivity contribution in [2.75, 3.05) is 10.6 Å². The summed E-state index contributed by atoms with van der Waals surface area (Å²) in [5, 5.41) is 12.1. The minimum absolute atomic E-state index is 0.0645. The van der Waals surface area contributed by atoms with Gasteiger partial charge in [-0.15, -0.1) is 0 Å². The molecule has 6 heteroatoms. The molecule has 71 heavy (non-hydrogen) atoms. The summed E-state index contributed by atoms with van der Waals surface area (Å²) in [6.45, 7) is 20.3. The topological polar surface area (TPSA) is 64.2 Å². The summed E-state index contributed by atoms with van der Waals surface area (Å²) in [4.78, 5) is 4.99. The molecule has 0 amide bonds. The minimum Gasteiger partial charge on any atom is -0.457 e. The summed E-state index contributed by atoms with van der Waals surface area (Å²) in [5.74, 6) is 2.29. The van der Waals surface area contributed by atoms with Crippen molar-refractivity contribution in [1.29, 1.82) is 0 Å². The van der Waals surface area contributed by atoms with Crippen LogP contribution in [0.4, 0.5) is 22.7 Å². The lowest BCUT2D eigenvalue weighted by Gasteiger charge is -2.26. The first-order valence-electron chi connectivity index (χ1n) is 24.7. The number of furan rings is 1. The van der Waals surface area contributed by atoms with Crippen LogP contribution in [0, 0.1) is 0 Å². The highest BCUT2D eigenvalue weighted by atomic mass is 16.5. The fourth-order valence-electron chi connectivity index (χ4n) is 9.77. The number of anilines is 4. The number of hydrogen-bond acceptors (Lipinski definition) is 5. The van der Waals surface area contributed by atoms with Gasteiger partial charge in [0.05, 0.1) is 33.5 Å². The van der Waals surface area contributed by atoms with Gasteiger partial charge in [0.1, 0.15) is 28.5 Å². The van der Waals surface area contributed by atoms with Crippen LogP contribution in [-0.2, 0) is 16.2 Å². The van der Waals surface area contributed by atoms with Gasteiger partial charge in [0.15, 0.2) is 0 Å². The molecule has 3 heterocycles. The predicted octanol–water partition coefficient (Wildman–Crippen LogP) is 18.6. The molecule has 2 N–H and O–H groups in total. The molecule has 0 saturated heterocycles. The summed E-state index contributed by atoms with van der Waals surface area (Å²) >= 11 is 0. The number of pyridine rings is 1. The normalized spacial score (nSPS) is 12.3. The largest absolute Gasteiger partial charge is 0.457 e. The Hall–Kier alpha value is -8.09. The van der Waals surface area contributed by atoms with Crippen molar-refractivity contribution in [1.82, 2.24) is 9.55 Å². The van der Waals surface area contributed by atoms with E-state index in [1.54, 1.807) is 0 Å². The molecule has 6 nitrogen and oxygen atoms in total. The summed E-state index contributed by atoms with van der Waals surface area (Å²) < 4.78 is 15.9. The summed E-state index contributed by atoms with van der Waals surface area (Å²) in [6, 6.07) is 64.4. The Balaban J connectivity index is 1.01. The van der Waals surface area contributed by atoms with Crippen molar-refractivity contribution in [3.05, 3.63) is 205 Å². The highest BCUT2D eigenvalue weighted by Crippen LogP contribution is 2.46. The van der Waals surface area contributed by atoms with Crippen LogP contribution < -0.4 is 15.4 Å². The van der Waals surface area contributed by atoms with E-state index in [-0.39, 0.29) is 16.2 Å². The molecule has 3 aromatic heterocycles. The lowest BCUT2D eigenvalue weighted by molar-refractivity contribution is 0.479. The zero-order chi connectivity index (χ0) is 49.2. The number of para-hydroxylation sites is 3. The zero-order valence-corrected chi connectivity index (χ0v) is 42.1. The van der Waals surface area contributed by atoms with Crippen LogP contribution in [0.15, 0.2) is 193 Å². The molecule has 0 saturated carbocycles. The number of nitrogens with zero attached hydrogens (tertiary/aromatic N) is 2. The molecular formula is C65H60N4O2. The standard InChI is InChI=1S/C65H60N4O2/c1-63(2,3)43-32-33-66-59(38-43)69-56-31-30-50-49-24-16-19-27-58(49)71-62(50)60(56)51-29-28-47(40-57(51)69)70-48-35-44(64(4,5)6)34-46(39-48)67-54-25-17-18-26-55(54)68-61-52(41-20-12-10-13-21-41)36-45(65(7,8)9)37-53(61)42-22-14-11-15-23-42/h10-40,67-68H,1-9H3. The number of ether oxygens (including phenoxy) is 1. The molecule has 0 spiro atoms. The van der Waals surface area contributed by atoms with Crippen LogP contribution in [0.3, 0.4) is 0 Å². The first-order chi connectivity index (χ1) is 34.1. The maximum absolute atomic E-state index is 6.98. The maximum Gasteiger partial charge on any atom is 0.145 e. The minimum atomic E-state index is -0.171. The Bertz CT molecular complexity index is 3730. The van der Waals surface area contributed by atoms with E-state index in [0.717, 1.165) is 106 Å². The van der Waals surface area contributed by atoms with E-state index in [0.29, 0.717) is 5.75 Å². The average molecular weight is 929 g/mol. The van der Waals surface area contributed by atoms with Gasteiger partial charge < -0.3 is 19.8 Å². The first kappa shape index (κ1) is 45.4. The van der Waals surface area contributed by atoms with E-state index in [4.69, 9.17) is 14.1 Å². The fraction of sp³-hybridized carbons (Fsp3) is 0.185. The zero-order valence-electron chi connectivity index (χ0n) is 42.1. The quantitative estimate of drug-likeness (QED) is 0.151. The first-order valence-corrected chi connectivity index (χ1v) is 24.7. The van der Waals surface area contributed by atoms with Crippen molar-refractivity contribution in [2.24, 2.45) is 0 Å². The Morgan fingerprint density at radius 3 is 1.72 bits per heavy atom. The molecule has 0 bridgehead atoms. The molecule has 11 rings (SSSR count). The Kier molecular flexibility index (Phi) is 11.1. The van der Waals surface area contributed by atoms with Gasteiger partial charge in [0.2, 0.25) is 0 Å². The number of nitrogens with one attached hydrogen (secondary N) is 2. The van der Waals surface area contributed by atoms with Crippen molar-refractivity contribution in [2.45, 2.75) is 78.6 Å². The van der Waals surface area contributed by atoms with Crippen molar-refractivity contribution in [3.63, 3.8) is 0 Å². The van der Waals surface area contributed by atoms with Gasteiger partial charge in [-0.1, -0.05) is 153 Å². The molecule has 0 fully saturated rings. The molecule has 0 unspecified atom stereocenters. The van der Waals surface area contributed by atoms with Crippen molar-refractivity contribution < 1.29 is 9.15 Å². The van der Waals surface area contributed by atoms with Crippen LogP contribution in [0.2, 0.25) is 0 Å². The van der Waals surface area contributed by atoms with Crippen LogP contribution in [0.1, 0.15) is 79.0 Å². The molecule has 0 atom stereocenters. The smallest absolute Gasteiger partial charge is 0.145 e. The van der Waals surface area contributed by atoms with E-state index in [1.165, 1.54) is 11.1 Å². The van der Waals surface area contributed by atoms with Gasteiger partial charge in [-0.3, -0.25) is 4.57 Å². The second-order valence-corrected chi connectivity index (χ2v) is 21.9. The maximum atomic E-state index is 6.98. The van der Waals surface area contributed by atoms with Crippen molar-refractivity contribution in [3.8, 4) is 39.6 Å². The highest BCUT2D eigenvalue weighted by Gasteiger charge is 2.25. The highest BCUT2D eigenvalue weighted by molar-refractivity contribution is 6.24. The van der Waals surface area contributed by atoms with Crippen LogP contribution in [0.5, 0.6) is 11.5 Å². The number of fused-ring (bicyclic) bond motifs is 7. The van der Waals surface area contributed by atoms with E-state index in [1.807, 2.05) is 18.3 Å². The summed E-state index contributed by atoms with van der Waals surface area (Å²) in [5.41, 5.74) is 15.5. The second-order valence-electron chi connectivity index (χ2n) is 21.9. The Morgan fingerprint density at radius 1 is 0.465 bits per heavy atom. The van der Waals surface area contributed by atoms with Gasteiger partial charge in [-0.05, 0) is 123 Å². The molecule has 0 aliphatic rings. The van der Waals surface area contributed by atoms with E-state index in [2.05, 4.69) is 247 Å². The van der Waals surface area contributed by atoms with Gasteiger partial charge in [0.25, 0.3) is 0 Å². The monoisotopic (exact) mass is 928 g/mol. The van der Waals surface area contributed by atoms with E-state index in [9.17, 15) is 0 Å².